The quantitative estimate of drug-likeness (QED) is 0.483. The summed E-state index contributed by atoms with van der Waals surface area (Å²) in [4.78, 5) is 2.44. The molecule has 0 unspecified atom stereocenters. The lowest BCUT2D eigenvalue weighted by atomic mass is 10.2. The van der Waals surface area contributed by atoms with Crippen LogP contribution in [-0.4, -0.2) is 51.4 Å². The predicted octanol–water partition coefficient (Wildman–Crippen LogP) is 4.72. The molecular formula is C22H30Cl3FN2O3. The zero-order valence-electron chi connectivity index (χ0n) is 17.6. The molecule has 174 valence electrons. The van der Waals surface area contributed by atoms with E-state index in [4.69, 9.17) is 25.8 Å². The second-order valence-electron chi connectivity index (χ2n) is 6.99. The third-order valence-corrected chi connectivity index (χ3v) is 5.24. The summed E-state index contributed by atoms with van der Waals surface area (Å²) >= 11 is 6.06. The fourth-order valence-electron chi connectivity index (χ4n) is 3.22. The van der Waals surface area contributed by atoms with Crippen molar-refractivity contribution in [2.24, 2.45) is 0 Å². The Morgan fingerprint density at radius 3 is 2.58 bits per heavy atom. The van der Waals surface area contributed by atoms with Gasteiger partial charge in [-0.1, -0.05) is 23.7 Å². The molecule has 0 aliphatic carbocycles. The van der Waals surface area contributed by atoms with Gasteiger partial charge in [0, 0.05) is 25.2 Å². The average molecular weight is 496 g/mol. The van der Waals surface area contributed by atoms with Crippen molar-refractivity contribution in [1.29, 1.82) is 0 Å². The monoisotopic (exact) mass is 494 g/mol. The van der Waals surface area contributed by atoms with Crippen LogP contribution in [0.3, 0.4) is 0 Å². The van der Waals surface area contributed by atoms with Crippen LogP contribution in [0.2, 0.25) is 5.02 Å². The molecule has 0 spiro atoms. The highest BCUT2D eigenvalue weighted by Crippen LogP contribution is 2.29. The third kappa shape index (κ3) is 9.00. The number of halogens is 4. The summed E-state index contributed by atoms with van der Waals surface area (Å²) in [6, 6.07) is 10.1. The number of nitrogens with zero attached hydrogens (tertiary/aromatic N) is 1. The zero-order chi connectivity index (χ0) is 20.5. The van der Waals surface area contributed by atoms with Crippen molar-refractivity contribution in [3.05, 3.63) is 58.4 Å². The van der Waals surface area contributed by atoms with E-state index in [2.05, 4.69) is 10.2 Å². The summed E-state index contributed by atoms with van der Waals surface area (Å²) in [5.41, 5.74) is 1.85. The maximum atomic E-state index is 13.2. The Labute approximate surface area is 201 Å². The predicted molar refractivity (Wildman–Crippen MR) is 127 cm³/mol. The molecule has 0 atom stereocenters. The van der Waals surface area contributed by atoms with Gasteiger partial charge in [-0.05, 0) is 49.3 Å². The van der Waals surface area contributed by atoms with E-state index >= 15 is 0 Å². The number of methoxy groups -OCH3 is 1. The second-order valence-corrected chi connectivity index (χ2v) is 7.40. The standard InChI is InChI=1S/C22H28ClFN2O3.2ClH/c1-27-22-13-17(15-25-7-2-8-26-9-11-28-12-10-26)3-6-21(22)29-16-18-4-5-19(24)14-20(18)23;;/h3-6,13-14,25H,2,7-12,15-16H2,1H3;2*1H. The first-order valence-electron chi connectivity index (χ1n) is 9.90. The maximum absolute atomic E-state index is 13.2. The highest BCUT2D eigenvalue weighted by atomic mass is 35.5. The van der Waals surface area contributed by atoms with E-state index in [0.29, 0.717) is 16.5 Å². The smallest absolute Gasteiger partial charge is 0.161 e. The first-order chi connectivity index (χ1) is 14.2. The number of benzene rings is 2. The van der Waals surface area contributed by atoms with Crippen molar-refractivity contribution in [2.75, 3.05) is 46.5 Å². The van der Waals surface area contributed by atoms with E-state index in [1.807, 2.05) is 18.2 Å². The van der Waals surface area contributed by atoms with Gasteiger partial charge in [-0.15, -0.1) is 24.8 Å². The largest absolute Gasteiger partial charge is 0.493 e. The third-order valence-electron chi connectivity index (χ3n) is 4.89. The molecule has 9 heteroatoms. The van der Waals surface area contributed by atoms with Crippen LogP contribution in [0.1, 0.15) is 17.5 Å². The first kappa shape index (κ1) is 27.8. The van der Waals surface area contributed by atoms with Crippen LogP contribution in [0, 0.1) is 5.82 Å². The van der Waals surface area contributed by atoms with Crippen molar-refractivity contribution < 1.29 is 18.6 Å². The summed E-state index contributed by atoms with van der Waals surface area (Å²) in [6.07, 6.45) is 1.11. The topological polar surface area (TPSA) is 43.0 Å². The van der Waals surface area contributed by atoms with E-state index in [1.165, 1.54) is 12.1 Å². The van der Waals surface area contributed by atoms with E-state index in [-0.39, 0.29) is 37.2 Å². The Morgan fingerprint density at radius 2 is 1.87 bits per heavy atom. The van der Waals surface area contributed by atoms with Crippen LogP contribution < -0.4 is 14.8 Å². The Morgan fingerprint density at radius 1 is 1.10 bits per heavy atom. The Balaban J connectivity index is 0.00000240. The molecule has 0 aromatic heterocycles. The van der Waals surface area contributed by atoms with Gasteiger partial charge in [-0.3, -0.25) is 4.90 Å². The summed E-state index contributed by atoms with van der Waals surface area (Å²) < 4.78 is 29.8. The summed E-state index contributed by atoms with van der Waals surface area (Å²) in [5.74, 6) is 0.929. The second kappa shape index (κ2) is 14.7. The summed E-state index contributed by atoms with van der Waals surface area (Å²) in [6.45, 7) is 6.81. The maximum Gasteiger partial charge on any atom is 0.161 e. The Kier molecular flexibility index (Phi) is 13.2. The van der Waals surface area contributed by atoms with Crippen molar-refractivity contribution in [1.82, 2.24) is 10.2 Å². The van der Waals surface area contributed by atoms with Crippen LogP contribution in [0.25, 0.3) is 0 Å². The number of ether oxygens (including phenoxy) is 3. The van der Waals surface area contributed by atoms with Crippen molar-refractivity contribution in [3.8, 4) is 11.5 Å². The molecule has 2 aromatic carbocycles. The Hall–Kier alpha value is -1.28. The van der Waals surface area contributed by atoms with Gasteiger partial charge in [0.15, 0.2) is 11.5 Å². The molecule has 0 bridgehead atoms. The molecule has 1 N–H and O–H groups in total. The first-order valence-corrected chi connectivity index (χ1v) is 10.3. The van der Waals surface area contributed by atoms with E-state index in [0.717, 1.165) is 63.5 Å². The van der Waals surface area contributed by atoms with Crippen LogP contribution in [0.5, 0.6) is 11.5 Å². The Bertz CT molecular complexity index is 793. The van der Waals surface area contributed by atoms with E-state index in [1.54, 1.807) is 13.2 Å². The molecule has 1 heterocycles. The fraction of sp³-hybridized carbons (Fsp3) is 0.455. The number of rotatable bonds is 10. The normalized spacial score (nSPS) is 13.8. The van der Waals surface area contributed by atoms with Crippen molar-refractivity contribution >= 4 is 36.4 Å². The molecule has 0 radical (unpaired) electrons. The SMILES string of the molecule is COc1cc(CNCCCN2CCOCC2)ccc1OCc1ccc(F)cc1Cl.Cl.Cl. The van der Waals surface area contributed by atoms with Gasteiger partial charge in [0.25, 0.3) is 0 Å². The molecule has 2 aromatic rings. The van der Waals surface area contributed by atoms with Crippen LogP contribution in [0.4, 0.5) is 4.39 Å². The fourth-order valence-corrected chi connectivity index (χ4v) is 3.44. The van der Waals surface area contributed by atoms with Gasteiger partial charge >= 0.3 is 0 Å². The molecule has 5 nitrogen and oxygen atoms in total. The minimum Gasteiger partial charge on any atom is -0.493 e. The zero-order valence-corrected chi connectivity index (χ0v) is 20.0. The van der Waals surface area contributed by atoms with E-state index < -0.39 is 0 Å². The molecule has 1 aliphatic heterocycles. The van der Waals surface area contributed by atoms with Crippen molar-refractivity contribution in [3.63, 3.8) is 0 Å². The van der Waals surface area contributed by atoms with Gasteiger partial charge in [-0.25, -0.2) is 4.39 Å². The van der Waals surface area contributed by atoms with Crippen LogP contribution >= 0.6 is 36.4 Å². The highest BCUT2D eigenvalue weighted by molar-refractivity contribution is 6.31. The molecule has 1 fully saturated rings. The molecule has 31 heavy (non-hydrogen) atoms. The molecule has 0 amide bonds. The molecule has 1 aliphatic rings. The highest BCUT2D eigenvalue weighted by Gasteiger charge is 2.10. The van der Waals surface area contributed by atoms with Gasteiger partial charge in [0.05, 0.1) is 25.3 Å². The molecule has 1 saturated heterocycles. The average Bonchev–Trinajstić information content (AvgIpc) is 2.74. The lowest BCUT2D eigenvalue weighted by molar-refractivity contribution is 0.0374. The van der Waals surface area contributed by atoms with Crippen molar-refractivity contribution in [2.45, 2.75) is 19.6 Å². The lowest BCUT2D eigenvalue weighted by Crippen LogP contribution is -2.37. The van der Waals surface area contributed by atoms with Crippen LogP contribution in [-0.2, 0) is 17.9 Å². The number of hydrogen-bond donors (Lipinski definition) is 1. The minimum atomic E-state index is -0.363. The summed E-state index contributed by atoms with van der Waals surface area (Å²) in [7, 11) is 1.62. The molecular weight excluding hydrogens is 466 g/mol. The molecule has 0 saturated carbocycles. The minimum absolute atomic E-state index is 0. The number of nitrogens with one attached hydrogen (secondary N) is 1. The summed E-state index contributed by atoms with van der Waals surface area (Å²) in [5, 5.41) is 3.82. The number of morpholine rings is 1. The van der Waals surface area contributed by atoms with Gasteiger partial charge in [0.1, 0.15) is 12.4 Å². The lowest BCUT2D eigenvalue weighted by Gasteiger charge is -2.26. The molecule has 3 rings (SSSR count). The van der Waals surface area contributed by atoms with E-state index in [9.17, 15) is 4.39 Å². The number of hydrogen-bond acceptors (Lipinski definition) is 5. The van der Waals surface area contributed by atoms with Gasteiger partial charge in [-0.2, -0.15) is 0 Å². The van der Waals surface area contributed by atoms with Crippen LogP contribution in [0.15, 0.2) is 36.4 Å². The van der Waals surface area contributed by atoms with Gasteiger partial charge < -0.3 is 19.5 Å². The van der Waals surface area contributed by atoms with Gasteiger partial charge in [0.2, 0.25) is 0 Å².